The molecule has 13 heteroatoms. The van der Waals surface area contributed by atoms with Gasteiger partial charge in [-0.3, -0.25) is 19.7 Å². The van der Waals surface area contributed by atoms with E-state index in [9.17, 15) is 42.6 Å². The number of hydrogen-bond donors (Lipinski definition) is 5. The molecule has 1 fully saturated rings. The molecule has 0 radical (unpaired) electrons. The van der Waals surface area contributed by atoms with Gasteiger partial charge in [0.05, 0.1) is 6.04 Å². The van der Waals surface area contributed by atoms with Gasteiger partial charge >= 0.3 is 11.9 Å². The molecule has 0 aromatic heterocycles. The Bertz CT molecular complexity index is 1260. The van der Waals surface area contributed by atoms with Crippen molar-refractivity contribution in [2.45, 2.75) is 69.2 Å². The molecule has 0 unspecified atom stereocenters. The third kappa shape index (κ3) is 8.76. The summed E-state index contributed by atoms with van der Waals surface area (Å²) < 4.78 is 40.5. The summed E-state index contributed by atoms with van der Waals surface area (Å²) in [6.45, 7) is 1.31. The lowest BCUT2D eigenvalue weighted by molar-refractivity contribution is -0.149. The number of carbonyl (C=O) groups is 4. The first-order valence-electron chi connectivity index (χ1n) is 13.1. The zero-order valence-corrected chi connectivity index (χ0v) is 22.4. The third-order valence-corrected chi connectivity index (χ3v) is 6.94. The third-order valence-electron chi connectivity index (χ3n) is 6.94. The van der Waals surface area contributed by atoms with E-state index in [0.717, 1.165) is 10.5 Å². The first-order valence-corrected chi connectivity index (χ1v) is 13.1. The lowest BCUT2D eigenvalue weighted by Crippen LogP contribution is -2.53. The monoisotopic (exact) mass is 578 g/mol. The summed E-state index contributed by atoms with van der Waals surface area (Å²) in [5.74, 6) is -7.26. The molecule has 6 N–H and O–H groups in total. The number of nitrogens with zero attached hydrogens (tertiary/aromatic N) is 1. The van der Waals surface area contributed by atoms with Crippen LogP contribution in [0.4, 0.5) is 13.2 Å². The van der Waals surface area contributed by atoms with E-state index < -0.39 is 71.4 Å². The van der Waals surface area contributed by atoms with E-state index in [0.29, 0.717) is 18.6 Å². The fourth-order valence-corrected chi connectivity index (χ4v) is 4.87. The van der Waals surface area contributed by atoms with Gasteiger partial charge in [-0.05, 0) is 43.4 Å². The van der Waals surface area contributed by atoms with Crippen LogP contribution >= 0.6 is 0 Å². The highest BCUT2D eigenvalue weighted by atomic mass is 19.2. The maximum Gasteiger partial charge on any atom is 0.326 e. The number of nitrogens with two attached hydrogens (primary N) is 1. The highest BCUT2D eigenvalue weighted by Gasteiger charge is 2.42. The van der Waals surface area contributed by atoms with Crippen LogP contribution in [0.25, 0.3) is 0 Å². The molecule has 1 saturated heterocycles. The number of amides is 2. The van der Waals surface area contributed by atoms with E-state index in [1.54, 1.807) is 0 Å². The van der Waals surface area contributed by atoms with E-state index in [1.165, 1.54) is 6.92 Å². The second kappa shape index (κ2) is 14.1. The summed E-state index contributed by atoms with van der Waals surface area (Å²) in [5, 5.41) is 24.7. The van der Waals surface area contributed by atoms with Gasteiger partial charge in [-0.15, -0.1) is 0 Å². The zero-order valence-electron chi connectivity index (χ0n) is 22.4. The highest BCUT2D eigenvalue weighted by Crippen LogP contribution is 2.21. The maximum absolute atomic E-state index is 13.9. The lowest BCUT2D eigenvalue weighted by atomic mass is 10.0. The minimum absolute atomic E-state index is 0.0943. The van der Waals surface area contributed by atoms with Gasteiger partial charge in [0.1, 0.15) is 17.9 Å². The summed E-state index contributed by atoms with van der Waals surface area (Å²) in [6.07, 6.45) is -0.0101. The highest BCUT2D eigenvalue weighted by molar-refractivity contribution is 5.88. The van der Waals surface area contributed by atoms with Crippen molar-refractivity contribution in [3.63, 3.8) is 0 Å². The Labute approximate surface area is 234 Å². The average Bonchev–Trinajstić information content (AvgIpc) is 3.33. The number of benzene rings is 2. The van der Waals surface area contributed by atoms with Gasteiger partial charge in [-0.2, -0.15) is 0 Å². The van der Waals surface area contributed by atoms with Crippen molar-refractivity contribution >= 4 is 23.8 Å². The maximum atomic E-state index is 13.9. The van der Waals surface area contributed by atoms with Gasteiger partial charge in [-0.25, -0.2) is 18.0 Å². The van der Waals surface area contributed by atoms with E-state index >= 15 is 0 Å². The number of rotatable bonds is 13. The second-order valence-corrected chi connectivity index (χ2v) is 10.2. The van der Waals surface area contributed by atoms with Crippen LogP contribution in [0, 0.1) is 17.5 Å². The number of carboxylic acids is 2. The second-order valence-electron chi connectivity index (χ2n) is 10.2. The first-order chi connectivity index (χ1) is 19.3. The Hall–Kier alpha value is -3.97. The van der Waals surface area contributed by atoms with Crippen molar-refractivity contribution in [1.82, 2.24) is 15.5 Å². The van der Waals surface area contributed by atoms with Gasteiger partial charge in [0.2, 0.25) is 11.8 Å². The number of hydrogen-bond acceptors (Lipinski definition) is 6. The van der Waals surface area contributed by atoms with Crippen LogP contribution in [0.1, 0.15) is 37.3 Å². The van der Waals surface area contributed by atoms with Crippen LogP contribution in [0.2, 0.25) is 0 Å². The molecule has 1 aliphatic heterocycles. The predicted molar refractivity (Wildman–Crippen MR) is 141 cm³/mol. The molecule has 2 aromatic rings. The summed E-state index contributed by atoms with van der Waals surface area (Å²) in [6, 6.07) is 5.27. The van der Waals surface area contributed by atoms with Gasteiger partial charge < -0.3 is 26.2 Å². The summed E-state index contributed by atoms with van der Waals surface area (Å²) in [7, 11) is 0. The van der Waals surface area contributed by atoms with Crippen molar-refractivity contribution in [3.8, 4) is 0 Å². The van der Waals surface area contributed by atoms with Crippen molar-refractivity contribution in [2.24, 2.45) is 5.73 Å². The number of carbonyl (C=O) groups excluding carboxylic acids is 2. The van der Waals surface area contributed by atoms with Crippen LogP contribution in [-0.4, -0.2) is 75.6 Å². The van der Waals surface area contributed by atoms with Crippen LogP contribution in [0.15, 0.2) is 42.5 Å². The standard InChI is InChI=1S/C28H33F3N4O6/c1-15(33-23(27(38)39)8-7-16-5-3-2-4-6-16)26(37)35-14-19(12-24(35)28(40)41)34-25(36)11-18(32)9-17-10-21(30)22(31)13-20(17)29/h2-6,10,13,15,18-19,23-24,33H,7-9,11-12,14,32H2,1H3,(H,34,36)(H,38,39)(H,40,41)/t15-,18-,19+,23+,24+/m1/s1. The molecule has 0 aliphatic carbocycles. The molecular formula is C28H33F3N4O6. The van der Waals surface area contributed by atoms with Gasteiger partial charge in [0.25, 0.3) is 0 Å². The normalized spacial score (nSPS) is 18.9. The van der Waals surface area contributed by atoms with Crippen molar-refractivity contribution < 1.29 is 42.6 Å². The average molecular weight is 579 g/mol. The number of likely N-dealkylation sites (tertiary alicyclic amines) is 1. The Morgan fingerprint density at radius 2 is 1.71 bits per heavy atom. The molecule has 5 atom stereocenters. The molecular weight excluding hydrogens is 545 g/mol. The van der Waals surface area contributed by atoms with Crippen LogP contribution in [0.5, 0.6) is 0 Å². The fraction of sp³-hybridized carbons (Fsp3) is 0.429. The molecule has 0 spiro atoms. The molecule has 10 nitrogen and oxygen atoms in total. The molecule has 2 aromatic carbocycles. The van der Waals surface area contributed by atoms with Crippen LogP contribution in [0.3, 0.4) is 0 Å². The zero-order chi connectivity index (χ0) is 30.3. The lowest BCUT2D eigenvalue weighted by Gasteiger charge is -2.27. The fourth-order valence-electron chi connectivity index (χ4n) is 4.87. The molecule has 222 valence electrons. The minimum atomic E-state index is -1.35. The van der Waals surface area contributed by atoms with E-state index in [1.807, 2.05) is 30.3 Å². The van der Waals surface area contributed by atoms with Gasteiger partial charge in [0, 0.05) is 37.5 Å². The topological polar surface area (TPSA) is 162 Å². The number of carboxylic acid groups (broad SMARTS) is 2. The number of halogens is 3. The molecule has 0 saturated carbocycles. The largest absolute Gasteiger partial charge is 0.480 e. The Morgan fingerprint density at radius 1 is 1.05 bits per heavy atom. The van der Waals surface area contributed by atoms with Crippen molar-refractivity contribution in [2.75, 3.05) is 6.54 Å². The number of aliphatic carboxylic acids is 2. The van der Waals surface area contributed by atoms with Crippen LogP contribution < -0.4 is 16.4 Å². The van der Waals surface area contributed by atoms with E-state index in [-0.39, 0.29) is 37.8 Å². The molecule has 1 aliphatic rings. The van der Waals surface area contributed by atoms with Gasteiger partial charge in [-0.1, -0.05) is 30.3 Å². The molecule has 1 heterocycles. The SMILES string of the molecule is C[C@@H](N[C@@H](CCc1ccccc1)C(=O)O)C(=O)N1C[C@@H](NC(=O)C[C@H](N)Cc2cc(F)c(F)cc2F)C[C@H]1C(=O)O. The molecule has 41 heavy (non-hydrogen) atoms. The smallest absolute Gasteiger partial charge is 0.326 e. The molecule has 0 bridgehead atoms. The minimum Gasteiger partial charge on any atom is -0.480 e. The van der Waals surface area contributed by atoms with E-state index in [2.05, 4.69) is 10.6 Å². The Kier molecular flexibility index (Phi) is 10.8. The van der Waals surface area contributed by atoms with E-state index in [4.69, 9.17) is 5.73 Å². The van der Waals surface area contributed by atoms with Crippen LogP contribution in [-0.2, 0) is 32.0 Å². The number of nitrogens with one attached hydrogen (secondary N) is 2. The summed E-state index contributed by atoms with van der Waals surface area (Å²) >= 11 is 0. The quantitative estimate of drug-likeness (QED) is 0.224. The first kappa shape index (κ1) is 31.6. The Balaban J connectivity index is 1.56. The predicted octanol–water partition coefficient (Wildman–Crippen LogP) is 1.60. The molecule has 3 rings (SSSR count). The molecule has 2 amide bonds. The Morgan fingerprint density at radius 3 is 2.34 bits per heavy atom. The number of aryl methyl sites for hydroxylation is 1. The summed E-state index contributed by atoms with van der Waals surface area (Å²) in [5.41, 5.74) is 6.63. The van der Waals surface area contributed by atoms with Crippen molar-refractivity contribution in [1.29, 1.82) is 0 Å². The summed E-state index contributed by atoms with van der Waals surface area (Å²) in [4.78, 5) is 50.5. The van der Waals surface area contributed by atoms with Crippen molar-refractivity contribution in [3.05, 3.63) is 71.0 Å². The van der Waals surface area contributed by atoms with Gasteiger partial charge in [0.15, 0.2) is 11.6 Å².